The third kappa shape index (κ3) is 3.44. The molecule has 4 N–H and O–H groups in total. The lowest BCUT2D eigenvalue weighted by atomic mass is 10.1. The maximum Gasteiger partial charge on any atom is 0.219 e. The first-order valence-electron chi connectivity index (χ1n) is 4.78. The van der Waals surface area contributed by atoms with Crippen molar-refractivity contribution >= 4 is 11.7 Å². The summed E-state index contributed by atoms with van der Waals surface area (Å²) in [6, 6.07) is 0. The van der Waals surface area contributed by atoms with Crippen molar-refractivity contribution in [3.8, 4) is 0 Å². The van der Waals surface area contributed by atoms with Crippen molar-refractivity contribution in [3.63, 3.8) is 0 Å². The highest BCUT2D eigenvalue weighted by molar-refractivity contribution is 5.83. The molecule has 1 aliphatic carbocycles. The van der Waals surface area contributed by atoms with E-state index in [9.17, 15) is 4.79 Å². The van der Waals surface area contributed by atoms with Crippen LogP contribution in [-0.4, -0.2) is 18.3 Å². The van der Waals surface area contributed by atoms with Crippen LogP contribution in [0, 0.1) is 5.92 Å². The second kappa shape index (κ2) is 4.84. The highest BCUT2D eigenvalue weighted by atomic mass is 16.1. The van der Waals surface area contributed by atoms with Gasteiger partial charge in [0, 0.05) is 18.9 Å². The van der Waals surface area contributed by atoms with Crippen LogP contribution < -0.4 is 11.5 Å². The van der Waals surface area contributed by atoms with Gasteiger partial charge in [0.2, 0.25) is 5.91 Å². The fourth-order valence-electron chi connectivity index (χ4n) is 1.65. The molecule has 0 aromatic rings. The quantitative estimate of drug-likeness (QED) is 0.489. The molecular weight excluding hydrogens is 166 g/mol. The summed E-state index contributed by atoms with van der Waals surface area (Å²) < 4.78 is 0. The second-order valence-corrected chi connectivity index (χ2v) is 3.50. The smallest absolute Gasteiger partial charge is 0.219 e. The van der Waals surface area contributed by atoms with Crippen LogP contribution in [0.5, 0.6) is 0 Å². The van der Waals surface area contributed by atoms with E-state index < -0.39 is 0 Å². The standard InChI is InChI=1S/C9H17N3O/c10-8(13)5-6-12-9(11)7-3-1-2-4-7/h7H,1-6H2,(H2,10,13)(H2,11,12). The number of nitrogens with zero attached hydrogens (tertiary/aromatic N) is 1. The molecule has 0 aromatic carbocycles. The molecule has 1 rings (SSSR count). The molecule has 0 heterocycles. The first kappa shape index (κ1) is 10.0. The van der Waals surface area contributed by atoms with E-state index in [0.717, 1.165) is 12.8 Å². The van der Waals surface area contributed by atoms with Gasteiger partial charge >= 0.3 is 0 Å². The zero-order chi connectivity index (χ0) is 9.68. The van der Waals surface area contributed by atoms with Crippen LogP contribution >= 0.6 is 0 Å². The third-order valence-electron chi connectivity index (χ3n) is 2.43. The Kier molecular flexibility index (Phi) is 3.73. The van der Waals surface area contributed by atoms with Gasteiger partial charge in [-0.05, 0) is 12.8 Å². The number of amidine groups is 1. The molecule has 0 bridgehead atoms. The molecular formula is C9H17N3O. The fraction of sp³-hybridized carbons (Fsp3) is 0.778. The average Bonchev–Trinajstić information content (AvgIpc) is 2.55. The van der Waals surface area contributed by atoms with E-state index in [2.05, 4.69) is 4.99 Å². The first-order valence-corrected chi connectivity index (χ1v) is 4.78. The number of amides is 1. The van der Waals surface area contributed by atoms with Gasteiger partial charge in [-0.25, -0.2) is 0 Å². The molecule has 4 heteroatoms. The Morgan fingerprint density at radius 1 is 1.31 bits per heavy atom. The molecule has 1 amide bonds. The Hall–Kier alpha value is -1.06. The lowest BCUT2D eigenvalue weighted by Crippen LogP contribution is -2.22. The molecule has 0 atom stereocenters. The van der Waals surface area contributed by atoms with Gasteiger partial charge in [-0.2, -0.15) is 0 Å². The number of hydrogen-bond donors (Lipinski definition) is 2. The van der Waals surface area contributed by atoms with Gasteiger partial charge < -0.3 is 11.5 Å². The SMILES string of the molecule is NC(=O)CCN=C(N)C1CCCC1. The van der Waals surface area contributed by atoms with Crippen LogP contribution in [0.1, 0.15) is 32.1 Å². The van der Waals surface area contributed by atoms with Crippen LogP contribution in [0.2, 0.25) is 0 Å². The van der Waals surface area contributed by atoms with Gasteiger partial charge in [0.25, 0.3) is 0 Å². The number of hydrogen-bond acceptors (Lipinski definition) is 2. The minimum Gasteiger partial charge on any atom is -0.387 e. The minimum atomic E-state index is -0.317. The Labute approximate surface area is 78.4 Å². The Bertz CT molecular complexity index is 207. The predicted molar refractivity (Wildman–Crippen MR) is 52.3 cm³/mol. The summed E-state index contributed by atoms with van der Waals surface area (Å²) in [5, 5.41) is 0. The molecule has 13 heavy (non-hydrogen) atoms. The van der Waals surface area contributed by atoms with E-state index in [0.29, 0.717) is 24.7 Å². The largest absolute Gasteiger partial charge is 0.387 e. The summed E-state index contributed by atoms with van der Waals surface area (Å²) in [7, 11) is 0. The van der Waals surface area contributed by atoms with E-state index in [1.54, 1.807) is 0 Å². The van der Waals surface area contributed by atoms with E-state index in [1.165, 1.54) is 12.8 Å². The summed E-state index contributed by atoms with van der Waals surface area (Å²) in [4.78, 5) is 14.6. The molecule has 74 valence electrons. The highest BCUT2D eigenvalue weighted by Gasteiger charge is 2.17. The molecule has 0 saturated heterocycles. The van der Waals surface area contributed by atoms with Crippen LogP contribution in [0.15, 0.2) is 4.99 Å². The maximum atomic E-state index is 10.4. The zero-order valence-electron chi connectivity index (χ0n) is 7.83. The normalized spacial score (nSPS) is 19.2. The Balaban J connectivity index is 2.28. The number of primary amides is 1. The molecule has 0 spiro atoms. The van der Waals surface area contributed by atoms with Gasteiger partial charge in [0.1, 0.15) is 0 Å². The molecule has 0 radical (unpaired) electrons. The van der Waals surface area contributed by atoms with E-state index in [1.807, 2.05) is 0 Å². The Morgan fingerprint density at radius 2 is 1.92 bits per heavy atom. The van der Waals surface area contributed by atoms with Gasteiger partial charge in [-0.15, -0.1) is 0 Å². The van der Waals surface area contributed by atoms with Crippen molar-refractivity contribution in [1.82, 2.24) is 0 Å². The van der Waals surface area contributed by atoms with Crippen molar-refractivity contribution < 1.29 is 4.79 Å². The summed E-state index contributed by atoms with van der Waals surface area (Å²) in [5.74, 6) is 0.842. The second-order valence-electron chi connectivity index (χ2n) is 3.50. The van der Waals surface area contributed by atoms with Crippen LogP contribution in [0.4, 0.5) is 0 Å². The van der Waals surface area contributed by atoms with E-state index in [-0.39, 0.29) is 5.91 Å². The van der Waals surface area contributed by atoms with Crippen LogP contribution in [0.3, 0.4) is 0 Å². The molecule has 4 nitrogen and oxygen atoms in total. The van der Waals surface area contributed by atoms with E-state index >= 15 is 0 Å². The molecule has 0 unspecified atom stereocenters. The van der Waals surface area contributed by atoms with Gasteiger partial charge in [0.15, 0.2) is 0 Å². The number of carbonyl (C=O) groups is 1. The van der Waals surface area contributed by atoms with Crippen molar-refractivity contribution in [2.45, 2.75) is 32.1 Å². The summed E-state index contributed by atoms with van der Waals surface area (Å²) in [6.45, 7) is 0.442. The monoisotopic (exact) mass is 183 g/mol. The Morgan fingerprint density at radius 3 is 2.46 bits per heavy atom. The van der Waals surface area contributed by atoms with Crippen molar-refractivity contribution in [3.05, 3.63) is 0 Å². The average molecular weight is 183 g/mol. The number of rotatable bonds is 4. The number of carbonyl (C=O) groups excluding carboxylic acids is 1. The lowest BCUT2D eigenvalue weighted by Gasteiger charge is -2.07. The predicted octanol–water partition coefficient (Wildman–Crippen LogP) is 0.409. The molecule has 1 saturated carbocycles. The highest BCUT2D eigenvalue weighted by Crippen LogP contribution is 2.24. The topological polar surface area (TPSA) is 81.5 Å². The molecule has 0 aromatic heterocycles. The fourth-order valence-corrected chi connectivity index (χ4v) is 1.65. The van der Waals surface area contributed by atoms with Gasteiger partial charge in [-0.1, -0.05) is 12.8 Å². The first-order chi connectivity index (χ1) is 6.20. The van der Waals surface area contributed by atoms with E-state index in [4.69, 9.17) is 11.5 Å². The molecule has 1 aliphatic rings. The number of nitrogens with two attached hydrogens (primary N) is 2. The zero-order valence-corrected chi connectivity index (χ0v) is 7.83. The molecule has 0 aliphatic heterocycles. The lowest BCUT2D eigenvalue weighted by molar-refractivity contribution is -0.117. The third-order valence-corrected chi connectivity index (χ3v) is 2.43. The van der Waals surface area contributed by atoms with Crippen LogP contribution in [0.25, 0.3) is 0 Å². The van der Waals surface area contributed by atoms with Crippen molar-refractivity contribution in [1.29, 1.82) is 0 Å². The number of aliphatic imine (C=N–C) groups is 1. The summed E-state index contributed by atoms with van der Waals surface area (Å²) in [6.07, 6.45) is 5.08. The summed E-state index contributed by atoms with van der Waals surface area (Å²) in [5.41, 5.74) is 10.7. The van der Waals surface area contributed by atoms with Crippen molar-refractivity contribution in [2.75, 3.05) is 6.54 Å². The van der Waals surface area contributed by atoms with Crippen molar-refractivity contribution in [2.24, 2.45) is 22.4 Å². The van der Waals surface area contributed by atoms with Gasteiger partial charge in [-0.3, -0.25) is 9.79 Å². The minimum absolute atomic E-state index is 0.299. The van der Waals surface area contributed by atoms with Crippen LogP contribution in [-0.2, 0) is 4.79 Å². The van der Waals surface area contributed by atoms with Gasteiger partial charge in [0.05, 0.1) is 5.84 Å². The maximum absolute atomic E-state index is 10.4. The summed E-state index contributed by atoms with van der Waals surface area (Å²) >= 11 is 0. The molecule has 1 fully saturated rings.